The summed E-state index contributed by atoms with van der Waals surface area (Å²) in [4.78, 5) is 22.6. The molecule has 0 aromatic heterocycles. The highest BCUT2D eigenvalue weighted by Crippen LogP contribution is 2.09. The number of anilines is 1. The molecular weight excluding hydrogens is 312 g/mol. The van der Waals surface area contributed by atoms with Crippen LogP contribution in [0.5, 0.6) is 0 Å². The molecule has 122 valence electrons. The predicted molar refractivity (Wildman–Crippen MR) is 80.3 cm³/mol. The van der Waals surface area contributed by atoms with E-state index in [1.165, 1.54) is 0 Å². The summed E-state index contributed by atoms with van der Waals surface area (Å²) in [6, 6.07) is 5.27. The average molecular weight is 330 g/mol. The summed E-state index contributed by atoms with van der Waals surface area (Å²) in [6.07, 6.45) is -0.0956. The quantitative estimate of drug-likeness (QED) is 0.497. The van der Waals surface area contributed by atoms with Crippen molar-refractivity contribution in [1.82, 2.24) is 5.32 Å². The first-order valence-electron chi connectivity index (χ1n) is 6.51. The van der Waals surface area contributed by atoms with Gasteiger partial charge in [0.15, 0.2) is 0 Å². The zero-order chi connectivity index (χ0) is 16.8. The molecule has 1 aromatic carbocycles. The number of carboxylic acid groups (broad SMARTS) is 1. The number of carboxylic acids is 1. The molecule has 1 atom stereocenters. The highest BCUT2D eigenvalue weighted by atomic mass is 32.2. The van der Waals surface area contributed by atoms with Gasteiger partial charge in [-0.2, -0.15) is 8.42 Å². The number of amides is 1. The van der Waals surface area contributed by atoms with Gasteiger partial charge in [-0.05, 0) is 24.6 Å². The van der Waals surface area contributed by atoms with Gasteiger partial charge in [-0.3, -0.25) is 9.35 Å². The Morgan fingerprint density at radius 3 is 2.27 bits per heavy atom. The van der Waals surface area contributed by atoms with Gasteiger partial charge in [-0.15, -0.1) is 0 Å². The minimum absolute atomic E-state index is 0.0956. The van der Waals surface area contributed by atoms with Crippen molar-refractivity contribution >= 4 is 27.7 Å². The number of nitrogens with one attached hydrogen (secondary N) is 2. The number of hydrogen-bond donors (Lipinski definition) is 4. The lowest BCUT2D eigenvalue weighted by Crippen LogP contribution is -2.45. The lowest BCUT2D eigenvalue weighted by Gasteiger charge is -2.13. The first-order chi connectivity index (χ1) is 10.2. The molecule has 1 amide bonds. The second-order valence-electron chi connectivity index (χ2n) is 4.61. The van der Waals surface area contributed by atoms with Gasteiger partial charge < -0.3 is 15.7 Å². The zero-order valence-electron chi connectivity index (χ0n) is 11.9. The Morgan fingerprint density at radius 2 is 1.82 bits per heavy atom. The van der Waals surface area contributed by atoms with Crippen LogP contribution in [0.1, 0.15) is 12.5 Å². The van der Waals surface area contributed by atoms with E-state index in [0.717, 1.165) is 12.2 Å². The summed E-state index contributed by atoms with van der Waals surface area (Å²) in [5, 5.41) is 14.0. The Balaban J connectivity index is 2.65. The molecule has 0 aliphatic carbocycles. The molecule has 1 unspecified atom stereocenters. The fourth-order valence-electron chi connectivity index (χ4n) is 1.76. The summed E-state index contributed by atoms with van der Waals surface area (Å²) >= 11 is 0. The third kappa shape index (κ3) is 6.55. The Kier molecular flexibility index (Phi) is 6.32. The fourth-order valence-corrected chi connectivity index (χ4v) is 2.41. The molecule has 0 saturated carbocycles. The minimum atomic E-state index is -4.50. The lowest BCUT2D eigenvalue weighted by molar-refractivity contribution is -0.141. The van der Waals surface area contributed by atoms with Gasteiger partial charge >= 0.3 is 5.97 Å². The van der Waals surface area contributed by atoms with Crippen molar-refractivity contribution in [2.75, 3.05) is 17.6 Å². The van der Waals surface area contributed by atoms with Crippen LogP contribution in [-0.4, -0.2) is 48.3 Å². The standard InChI is InChI=1S/C13H18N2O6S/c1-2-14-10-5-3-9(4-6-10)7-12(16)15-11(13(17)18)8-22(19,20)21/h3-6,11,14H,2,7-8H2,1H3,(H,15,16)(H,17,18)(H,19,20,21). The average Bonchev–Trinajstić information content (AvgIpc) is 2.39. The van der Waals surface area contributed by atoms with Gasteiger partial charge in [0.2, 0.25) is 5.91 Å². The van der Waals surface area contributed by atoms with Crippen molar-refractivity contribution in [3.63, 3.8) is 0 Å². The molecule has 1 rings (SSSR count). The SMILES string of the molecule is CCNc1ccc(CC(=O)NC(CS(=O)(=O)O)C(=O)O)cc1. The maximum Gasteiger partial charge on any atom is 0.327 e. The molecule has 4 N–H and O–H groups in total. The smallest absolute Gasteiger partial charge is 0.327 e. The number of benzene rings is 1. The van der Waals surface area contributed by atoms with E-state index < -0.39 is 33.8 Å². The van der Waals surface area contributed by atoms with Crippen molar-refractivity contribution in [2.24, 2.45) is 0 Å². The van der Waals surface area contributed by atoms with E-state index in [4.69, 9.17) is 9.66 Å². The van der Waals surface area contributed by atoms with Crippen molar-refractivity contribution in [3.05, 3.63) is 29.8 Å². The minimum Gasteiger partial charge on any atom is -0.480 e. The summed E-state index contributed by atoms with van der Waals surface area (Å²) in [5.41, 5.74) is 1.54. The number of rotatable bonds is 8. The third-order valence-electron chi connectivity index (χ3n) is 2.71. The molecule has 8 nitrogen and oxygen atoms in total. The maximum atomic E-state index is 11.8. The van der Waals surface area contributed by atoms with E-state index >= 15 is 0 Å². The molecular formula is C13H18N2O6S. The molecule has 22 heavy (non-hydrogen) atoms. The maximum absolute atomic E-state index is 11.8. The van der Waals surface area contributed by atoms with Crippen LogP contribution < -0.4 is 10.6 Å². The van der Waals surface area contributed by atoms with Crippen LogP contribution in [0.2, 0.25) is 0 Å². The van der Waals surface area contributed by atoms with E-state index in [2.05, 4.69) is 10.6 Å². The van der Waals surface area contributed by atoms with Gasteiger partial charge in [0.25, 0.3) is 10.1 Å². The summed E-state index contributed by atoms with van der Waals surface area (Å²) < 4.78 is 30.1. The lowest BCUT2D eigenvalue weighted by atomic mass is 10.1. The van der Waals surface area contributed by atoms with Gasteiger partial charge in [-0.25, -0.2) is 4.79 Å². The monoisotopic (exact) mass is 330 g/mol. The number of hydrogen-bond acceptors (Lipinski definition) is 5. The normalized spacial score (nSPS) is 12.5. The molecule has 0 spiro atoms. The van der Waals surface area contributed by atoms with Crippen molar-refractivity contribution < 1.29 is 27.7 Å². The molecule has 0 aliphatic heterocycles. The Hall–Kier alpha value is -2.13. The zero-order valence-corrected chi connectivity index (χ0v) is 12.8. The van der Waals surface area contributed by atoms with Crippen LogP contribution in [0.3, 0.4) is 0 Å². The molecule has 0 fully saturated rings. The predicted octanol–water partition coefficient (Wildman–Crippen LogP) is 0.118. The van der Waals surface area contributed by atoms with E-state index in [0.29, 0.717) is 5.56 Å². The Labute approximate surface area is 128 Å². The molecule has 0 radical (unpaired) electrons. The first-order valence-corrected chi connectivity index (χ1v) is 8.12. The Bertz CT molecular complexity index is 626. The summed E-state index contributed by atoms with van der Waals surface area (Å²) in [5.74, 6) is -3.26. The largest absolute Gasteiger partial charge is 0.480 e. The van der Waals surface area contributed by atoms with Gasteiger partial charge in [-0.1, -0.05) is 12.1 Å². The molecule has 0 aliphatic rings. The van der Waals surface area contributed by atoms with Gasteiger partial charge in [0, 0.05) is 12.2 Å². The van der Waals surface area contributed by atoms with Crippen molar-refractivity contribution in [3.8, 4) is 0 Å². The van der Waals surface area contributed by atoms with Crippen LogP contribution in [-0.2, 0) is 26.1 Å². The Morgan fingerprint density at radius 1 is 1.23 bits per heavy atom. The van der Waals surface area contributed by atoms with Crippen LogP contribution in [0.15, 0.2) is 24.3 Å². The third-order valence-corrected chi connectivity index (χ3v) is 3.46. The summed E-state index contributed by atoms with van der Waals surface area (Å²) in [7, 11) is -4.50. The molecule has 0 saturated heterocycles. The molecule has 0 heterocycles. The number of carbonyl (C=O) groups excluding carboxylic acids is 1. The van der Waals surface area contributed by atoms with Crippen LogP contribution in [0.4, 0.5) is 5.69 Å². The first kappa shape index (κ1) is 17.9. The van der Waals surface area contributed by atoms with E-state index in [9.17, 15) is 18.0 Å². The van der Waals surface area contributed by atoms with Crippen molar-refractivity contribution in [2.45, 2.75) is 19.4 Å². The number of aliphatic carboxylic acids is 1. The van der Waals surface area contributed by atoms with Gasteiger partial charge in [0.1, 0.15) is 11.8 Å². The highest BCUT2D eigenvalue weighted by Gasteiger charge is 2.25. The van der Waals surface area contributed by atoms with Crippen LogP contribution >= 0.6 is 0 Å². The highest BCUT2D eigenvalue weighted by molar-refractivity contribution is 7.85. The van der Waals surface area contributed by atoms with E-state index in [1.807, 2.05) is 6.92 Å². The van der Waals surface area contributed by atoms with Crippen LogP contribution in [0, 0.1) is 0 Å². The molecule has 1 aromatic rings. The molecule has 0 bridgehead atoms. The summed E-state index contributed by atoms with van der Waals surface area (Å²) in [6.45, 7) is 2.71. The van der Waals surface area contributed by atoms with Crippen LogP contribution in [0.25, 0.3) is 0 Å². The molecule has 9 heteroatoms. The second kappa shape index (κ2) is 7.76. The number of carbonyl (C=O) groups is 2. The van der Waals surface area contributed by atoms with Gasteiger partial charge in [0.05, 0.1) is 6.42 Å². The van der Waals surface area contributed by atoms with Crippen molar-refractivity contribution in [1.29, 1.82) is 0 Å². The second-order valence-corrected chi connectivity index (χ2v) is 6.11. The van der Waals surface area contributed by atoms with E-state index in [-0.39, 0.29) is 6.42 Å². The van der Waals surface area contributed by atoms with E-state index in [1.54, 1.807) is 24.3 Å². The fraction of sp³-hybridized carbons (Fsp3) is 0.385. The topological polar surface area (TPSA) is 133 Å².